The highest BCUT2D eigenvalue weighted by Gasteiger charge is 2.25. The number of anilines is 2. The van der Waals surface area contributed by atoms with Crippen LogP contribution in [-0.4, -0.2) is 61.5 Å². The highest BCUT2D eigenvalue weighted by atomic mass is 16.2. The molecule has 2 aliphatic rings. The van der Waals surface area contributed by atoms with Gasteiger partial charge in [-0.25, -0.2) is 4.98 Å². The third kappa shape index (κ3) is 3.98. The van der Waals surface area contributed by atoms with Crippen molar-refractivity contribution < 1.29 is 9.59 Å². The molecule has 2 aliphatic heterocycles. The molecule has 2 saturated heterocycles. The molecule has 23 heavy (non-hydrogen) atoms. The Morgan fingerprint density at radius 2 is 2.13 bits per heavy atom. The lowest BCUT2D eigenvalue weighted by atomic mass is 9.98. The van der Waals surface area contributed by atoms with Crippen LogP contribution < -0.4 is 15.5 Å². The number of aromatic nitrogens is 1. The van der Waals surface area contributed by atoms with Crippen molar-refractivity contribution >= 4 is 23.3 Å². The van der Waals surface area contributed by atoms with Crippen LogP contribution in [0.3, 0.4) is 0 Å². The summed E-state index contributed by atoms with van der Waals surface area (Å²) < 4.78 is 0. The molecule has 0 spiro atoms. The van der Waals surface area contributed by atoms with Crippen molar-refractivity contribution in [2.45, 2.75) is 12.8 Å². The molecule has 0 aliphatic carbocycles. The molecule has 0 saturated carbocycles. The van der Waals surface area contributed by atoms with E-state index in [0.29, 0.717) is 25.2 Å². The maximum absolute atomic E-state index is 12.3. The van der Waals surface area contributed by atoms with E-state index in [1.54, 1.807) is 6.20 Å². The summed E-state index contributed by atoms with van der Waals surface area (Å²) in [7, 11) is 2.12. The van der Waals surface area contributed by atoms with E-state index in [1.165, 1.54) is 0 Å². The van der Waals surface area contributed by atoms with Gasteiger partial charge in [0.05, 0.1) is 5.92 Å². The molecule has 2 fully saturated rings. The number of nitrogens with zero attached hydrogens (tertiary/aromatic N) is 3. The van der Waals surface area contributed by atoms with Crippen LogP contribution in [0.15, 0.2) is 18.3 Å². The van der Waals surface area contributed by atoms with Gasteiger partial charge in [-0.05, 0) is 19.5 Å². The first-order valence-electron chi connectivity index (χ1n) is 8.09. The zero-order chi connectivity index (χ0) is 16.2. The van der Waals surface area contributed by atoms with Crippen molar-refractivity contribution in [3.63, 3.8) is 0 Å². The highest BCUT2D eigenvalue weighted by molar-refractivity contribution is 5.93. The summed E-state index contributed by atoms with van der Waals surface area (Å²) in [5, 5.41) is 5.61. The first kappa shape index (κ1) is 15.7. The maximum atomic E-state index is 12.3. The Bertz CT molecular complexity index is 574. The Morgan fingerprint density at radius 1 is 1.35 bits per heavy atom. The van der Waals surface area contributed by atoms with E-state index < -0.39 is 0 Å². The number of amides is 2. The van der Waals surface area contributed by atoms with Crippen LogP contribution in [0.2, 0.25) is 0 Å². The lowest BCUT2D eigenvalue weighted by molar-refractivity contribution is -0.126. The molecule has 0 aromatic carbocycles. The third-order valence-corrected chi connectivity index (χ3v) is 4.50. The van der Waals surface area contributed by atoms with Crippen LogP contribution in [0.5, 0.6) is 0 Å². The molecule has 1 aromatic heterocycles. The van der Waals surface area contributed by atoms with Gasteiger partial charge < -0.3 is 20.4 Å². The van der Waals surface area contributed by atoms with Crippen LogP contribution >= 0.6 is 0 Å². The highest BCUT2D eigenvalue weighted by Crippen LogP contribution is 2.20. The van der Waals surface area contributed by atoms with E-state index in [2.05, 4.69) is 32.5 Å². The van der Waals surface area contributed by atoms with Gasteiger partial charge in [0.15, 0.2) is 0 Å². The molecule has 1 aromatic rings. The largest absolute Gasteiger partial charge is 0.369 e. The van der Waals surface area contributed by atoms with Crippen LogP contribution in [0.1, 0.15) is 12.8 Å². The molecular formula is C16H23N5O2. The third-order valence-electron chi connectivity index (χ3n) is 4.50. The van der Waals surface area contributed by atoms with Crippen molar-refractivity contribution in [3.05, 3.63) is 18.3 Å². The standard InChI is InChI=1S/C16H23N5O2/c1-20-6-8-21(9-7-20)13-4-5-17-14(10-13)19-16(23)12-2-3-15(22)18-11-12/h4-5,10,12H,2-3,6-9,11H2,1H3,(H,18,22)(H,17,19,23). The van der Waals surface area contributed by atoms with Gasteiger partial charge in [-0.15, -0.1) is 0 Å². The van der Waals surface area contributed by atoms with Crippen LogP contribution in [0.25, 0.3) is 0 Å². The quantitative estimate of drug-likeness (QED) is 0.838. The monoisotopic (exact) mass is 317 g/mol. The molecule has 0 bridgehead atoms. The van der Waals surface area contributed by atoms with Crippen LogP contribution in [0, 0.1) is 5.92 Å². The lowest BCUT2D eigenvalue weighted by Gasteiger charge is -2.34. The number of pyridine rings is 1. The van der Waals surface area contributed by atoms with E-state index in [1.807, 2.05) is 12.1 Å². The van der Waals surface area contributed by atoms with Crippen molar-refractivity contribution in [1.29, 1.82) is 0 Å². The van der Waals surface area contributed by atoms with E-state index in [9.17, 15) is 9.59 Å². The van der Waals surface area contributed by atoms with Gasteiger partial charge in [0.2, 0.25) is 11.8 Å². The molecule has 3 rings (SSSR count). The molecule has 1 atom stereocenters. The second-order valence-corrected chi connectivity index (χ2v) is 6.22. The summed E-state index contributed by atoms with van der Waals surface area (Å²) in [6, 6.07) is 3.90. The molecule has 7 nitrogen and oxygen atoms in total. The zero-order valence-electron chi connectivity index (χ0n) is 13.4. The molecule has 2 amide bonds. The van der Waals surface area contributed by atoms with Crippen molar-refractivity contribution in [2.24, 2.45) is 5.92 Å². The minimum Gasteiger partial charge on any atom is -0.369 e. The number of likely N-dealkylation sites (N-methyl/N-ethyl adjacent to an activating group) is 1. The SMILES string of the molecule is CN1CCN(c2ccnc(NC(=O)C3CCC(=O)NC3)c2)CC1. The fourth-order valence-corrected chi connectivity index (χ4v) is 2.93. The molecule has 124 valence electrons. The number of rotatable bonds is 3. The average molecular weight is 317 g/mol. The summed E-state index contributed by atoms with van der Waals surface area (Å²) in [4.78, 5) is 32.3. The predicted octanol–water partition coefficient (Wildman–Crippen LogP) is 0.298. The number of carbonyl (C=O) groups excluding carboxylic acids is 2. The molecule has 3 heterocycles. The zero-order valence-corrected chi connectivity index (χ0v) is 13.4. The van der Waals surface area contributed by atoms with Crippen molar-refractivity contribution in [2.75, 3.05) is 50.0 Å². The van der Waals surface area contributed by atoms with Gasteiger partial charge in [-0.1, -0.05) is 0 Å². The number of piperidine rings is 1. The number of hydrogen-bond donors (Lipinski definition) is 2. The smallest absolute Gasteiger partial charge is 0.230 e. The summed E-state index contributed by atoms with van der Waals surface area (Å²) >= 11 is 0. The second-order valence-electron chi connectivity index (χ2n) is 6.22. The Labute approximate surface area is 136 Å². The summed E-state index contributed by atoms with van der Waals surface area (Å²) in [5.41, 5.74) is 1.08. The fraction of sp³-hybridized carbons (Fsp3) is 0.562. The second kappa shape index (κ2) is 6.95. The fourth-order valence-electron chi connectivity index (χ4n) is 2.93. The summed E-state index contributed by atoms with van der Waals surface area (Å²) in [6.45, 7) is 4.42. The van der Waals surface area contributed by atoms with E-state index in [0.717, 1.165) is 31.9 Å². The number of carbonyl (C=O) groups is 2. The maximum Gasteiger partial charge on any atom is 0.230 e. The van der Waals surface area contributed by atoms with Gasteiger partial charge in [0, 0.05) is 57.1 Å². The summed E-state index contributed by atoms with van der Waals surface area (Å²) in [5.74, 6) is 0.336. The Balaban J connectivity index is 1.61. The van der Waals surface area contributed by atoms with Gasteiger partial charge in [0.1, 0.15) is 5.82 Å². The summed E-state index contributed by atoms with van der Waals surface area (Å²) in [6.07, 6.45) is 2.73. The Hall–Kier alpha value is -2.15. The average Bonchev–Trinajstić information content (AvgIpc) is 2.56. The lowest BCUT2D eigenvalue weighted by Crippen LogP contribution is -2.44. The van der Waals surface area contributed by atoms with Gasteiger partial charge >= 0.3 is 0 Å². The van der Waals surface area contributed by atoms with E-state index >= 15 is 0 Å². The minimum atomic E-state index is -0.179. The van der Waals surface area contributed by atoms with Gasteiger partial charge in [-0.3, -0.25) is 9.59 Å². The Kier molecular flexibility index (Phi) is 4.76. The van der Waals surface area contributed by atoms with E-state index in [-0.39, 0.29) is 17.7 Å². The first-order chi connectivity index (χ1) is 11.1. The van der Waals surface area contributed by atoms with Gasteiger partial charge in [-0.2, -0.15) is 0 Å². The van der Waals surface area contributed by atoms with Crippen molar-refractivity contribution in [1.82, 2.24) is 15.2 Å². The first-order valence-corrected chi connectivity index (χ1v) is 8.09. The molecule has 7 heteroatoms. The molecule has 1 unspecified atom stereocenters. The predicted molar refractivity (Wildman–Crippen MR) is 88.3 cm³/mol. The van der Waals surface area contributed by atoms with E-state index in [4.69, 9.17) is 0 Å². The molecule has 0 radical (unpaired) electrons. The number of piperazine rings is 1. The molecular weight excluding hydrogens is 294 g/mol. The minimum absolute atomic E-state index is 0.0178. The van der Waals surface area contributed by atoms with Gasteiger partial charge in [0.25, 0.3) is 0 Å². The topological polar surface area (TPSA) is 77.6 Å². The number of nitrogens with one attached hydrogen (secondary N) is 2. The normalized spacial score (nSPS) is 22.6. The van der Waals surface area contributed by atoms with Crippen LogP contribution in [-0.2, 0) is 9.59 Å². The van der Waals surface area contributed by atoms with Crippen LogP contribution in [0.4, 0.5) is 11.5 Å². The number of hydrogen-bond acceptors (Lipinski definition) is 5. The Morgan fingerprint density at radius 3 is 2.83 bits per heavy atom. The van der Waals surface area contributed by atoms with Crippen molar-refractivity contribution in [3.8, 4) is 0 Å². The molecule has 2 N–H and O–H groups in total.